The molecule has 19 heavy (non-hydrogen) atoms. The van der Waals surface area contributed by atoms with Crippen molar-refractivity contribution in [1.82, 2.24) is 0 Å². The number of unbranched alkanes of at least 4 members (excludes halogenated alkanes) is 5. The average Bonchev–Trinajstić information content (AvgIpc) is 2.39. The molecule has 0 aliphatic heterocycles. The highest BCUT2D eigenvalue weighted by Gasteiger charge is 2.07. The van der Waals surface area contributed by atoms with Crippen LogP contribution in [-0.4, -0.2) is 17.7 Å². The van der Waals surface area contributed by atoms with Gasteiger partial charge in [0.1, 0.15) is 5.75 Å². The van der Waals surface area contributed by atoms with E-state index in [1.807, 2.05) is 0 Å². The highest BCUT2D eigenvalue weighted by Crippen LogP contribution is 2.24. The van der Waals surface area contributed by atoms with Crippen LogP contribution in [0.4, 0.5) is 0 Å². The topological polar surface area (TPSA) is 46.5 Å². The van der Waals surface area contributed by atoms with Crippen LogP contribution in [0.15, 0.2) is 23.1 Å². The summed E-state index contributed by atoms with van der Waals surface area (Å²) >= 11 is 5.11. The van der Waals surface area contributed by atoms with Gasteiger partial charge in [0.2, 0.25) is 0 Å². The van der Waals surface area contributed by atoms with Crippen LogP contribution in [0.1, 0.15) is 55.8 Å². The van der Waals surface area contributed by atoms with Crippen molar-refractivity contribution in [3.63, 3.8) is 0 Å². The fourth-order valence-electron chi connectivity index (χ4n) is 1.82. The van der Waals surface area contributed by atoms with Crippen molar-refractivity contribution >= 4 is 18.6 Å². The molecule has 1 aromatic carbocycles. The highest BCUT2D eigenvalue weighted by atomic mass is 32.1. The summed E-state index contributed by atoms with van der Waals surface area (Å²) in [5.41, 5.74) is 0.205. The molecule has 105 valence electrons. The van der Waals surface area contributed by atoms with Gasteiger partial charge in [-0.25, -0.2) is 4.79 Å². The average molecular weight is 281 g/mol. The first kappa shape index (κ1) is 15.8. The lowest BCUT2D eigenvalue weighted by atomic mass is 10.1. The van der Waals surface area contributed by atoms with Crippen molar-refractivity contribution in [3.05, 3.63) is 23.8 Å². The van der Waals surface area contributed by atoms with E-state index in [-0.39, 0.29) is 5.56 Å². The monoisotopic (exact) mass is 281 g/mol. The Kier molecular flexibility index (Phi) is 7.26. The summed E-state index contributed by atoms with van der Waals surface area (Å²) in [5.74, 6) is -0.359. The standard InChI is InChI=1S/C15H21O3S/c1-2-3-4-5-6-7-10-18-13-9-8-12(15(16)17)11-14(13)19/h8-9,11H,2-7,10H2,1H3,(H,16,17). The van der Waals surface area contributed by atoms with Gasteiger partial charge in [-0.1, -0.05) is 51.7 Å². The second-order valence-corrected chi connectivity index (χ2v) is 5.02. The van der Waals surface area contributed by atoms with E-state index >= 15 is 0 Å². The van der Waals surface area contributed by atoms with Crippen molar-refractivity contribution < 1.29 is 14.6 Å². The van der Waals surface area contributed by atoms with Crippen LogP contribution in [0.5, 0.6) is 5.75 Å². The summed E-state index contributed by atoms with van der Waals surface area (Å²) in [5, 5.41) is 8.83. The van der Waals surface area contributed by atoms with Crippen LogP contribution in [0, 0.1) is 0 Å². The molecule has 4 heteroatoms. The molecular weight excluding hydrogens is 260 g/mol. The number of ether oxygens (including phenoxy) is 1. The lowest BCUT2D eigenvalue weighted by molar-refractivity contribution is 0.0696. The lowest BCUT2D eigenvalue weighted by Crippen LogP contribution is -2.00. The Morgan fingerprint density at radius 2 is 1.89 bits per heavy atom. The first-order chi connectivity index (χ1) is 9.15. The van der Waals surface area contributed by atoms with Gasteiger partial charge in [-0.3, -0.25) is 0 Å². The Labute approximate surface area is 120 Å². The molecule has 0 atom stereocenters. The molecule has 0 spiro atoms. The molecule has 0 aliphatic rings. The molecule has 0 saturated carbocycles. The molecule has 3 nitrogen and oxygen atoms in total. The quantitative estimate of drug-likeness (QED) is 0.668. The van der Waals surface area contributed by atoms with Crippen LogP contribution >= 0.6 is 12.6 Å². The third-order valence-corrected chi connectivity index (χ3v) is 3.27. The van der Waals surface area contributed by atoms with E-state index in [2.05, 4.69) is 6.92 Å². The van der Waals surface area contributed by atoms with Gasteiger partial charge in [-0.15, -0.1) is 0 Å². The number of carboxylic acid groups (broad SMARTS) is 1. The van der Waals surface area contributed by atoms with Gasteiger partial charge < -0.3 is 9.84 Å². The molecule has 0 aliphatic carbocycles. The number of hydrogen-bond donors (Lipinski definition) is 1. The molecule has 0 amide bonds. The number of carbonyl (C=O) groups is 1. The SMILES string of the molecule is CCCCCCCCOc1ccc(C(=O)O)cc1[S]. The zero-order chi connectivity index (χ0) is 14.1. The van der Waals surface area contributed by atoms with Gasteiger partial charge in [0.15, 0.2) is 0 Å². The first-order valence-corrected chi connectivity index (χ1v) is 7.23. The smallest absolute Gasteiger partial charge is 0.335 e. The molecule has 1 aromatic rings. The molecule has 0 aromatic heterocycles. The van der Waals surface area contributed by atoms with Crippen LogP contribution in [0.25, 0.3) is 0 Å². The predicted molar refractivity (Wildman–Crippen MR) is 78.1 cm³/mol. The minimum atomic E-state index is -0.964. The second-order valence-electron chi connectivity index (χ2n) is 4.58. The third kappa shape index (κ3) is 5.92. The molecule has 0 unspecified atom stereocenters. The van der Waals surface area contributed by atoms with E-state index in [0.717, 1.165) is 6.42 Å². The number of carboxylic acids is 1. The van der Waals surface area contributed by atoms with Gasteiger partial charge >= 0.3 is 5.97 Å². The fraction of sp³-hybridized carbons (Fsp3) is 0.533. The summed E-state index contributed by atoms with van der Waals surface area (Å²) in [6, 6.07) is 4.63. The molecule has 1 N–H and O–H groups in total. The van der Waals surface area contributed by atoms with Crippen molar-refractivity contribution in [2.45, 2.75) is 50.3 Å². The zero-order valence-corrected chi connectivity index (χ0v) is 12.2. The van der Waals surface area contributed by atoms with Crippen molar-refractivity contribution in [2.24, 2.45) is 0 Å². The number of rotatable bonds is 9. The largest absolute Gasteiger partial charge is 0.492 e. The van der Waals surface area contributed by atoms with Gasteiger partial charge in [-0.05, 0) is 24.6 Å². The Morgan fingerprint density at radius 1 is 1.21 bits per heavy atom. The predicted octanol–water partition coefficient (Wildman–Crippen LogP) is 4.68. The summed E-state index contributed by atoms with van der Waals surface area (Å²) < 4.78 is 5.58. The van der Waals surface area contributed by atoms with Gasteiger partial charge in [0, 0.05) is 0 Å². The molecule has 0 saturated heterocycles. The minimum Gasteiger partial charge on any atom is -0.492 e. The van der Waals surface area contributed by atoms with Gasteiger partial charge in [-0.2, -0.15) is 0 Å². The third-order valence-electron chi connectivity index (χ3n) is 2.95. The normalized spacial score (nSPS) is 10.4. The maximum atomic E-state index is 10.8. The number of benzene rings is 1. The summed E-state index contributed by atoms with van der Waals surface area (Å²) in [6.07, 6.45) is 7.27. The number of hydrogen-bond acceptors (Lipinski definition) is 2. The Bertz CT molecular complexity index is 404. The van der Waals surface area contributed by atoms with E-state index in [9.17, 15) is 4.79 Å². The Hall–Kier alpha value is -1.29. The summed E-state index contributed by atoms with van der Waals surface area (Å²) in [7, 11) is 0. The van der Waals surface area contributed by atoms with Crippen LogP contribution in [0.3, 0.4) is 0 Å². The molecular formula is C15H21O3S. The maximum absolute atomic E-state index is 10.8. The minimum absolute atomic E-state index is 0.205. The molecule has 1 rings (SSSR count). The van der Waals surface area contributed by atoms with Gasteiger partial charge in [0.05, 0.1) is 17.1 Å². The van der Waals surface area contributed by atoms with E-state index < -0.39 is 5.97 Å². The first-order valence-electron chi connectivity index (χ1n) is 6.82. The van der Waals surface area contributed by atoms with Crippen LogP contribution in [-0.2, 0) is 0 Å². The Balaban J connectivity index is 2.28. The number of aromatic carboxylic acids is 1. The van der Waals surface area contributed by atoms with Crippen molar-refractivity contribution in [1.29, 1.82) is 0 Å². The zero-order valence-electron chi connectivity index (χ0n) is 11.4. The van der Waals surface area contributed by atoms with Gasteiger partial charge in [0.25, 0.3) is 0 Å². The summed E-state index contributed by atoms with van der Waals surface area (Å²) in [6.45, 7) is 2.84. The van der Waals surface area contributed by atoms with E-state index in [1.165, 1.54) is 44.2 Å². The Morgan fingerprint density at radius 3 is 2.53 bits per heavy atom. The van der Waals surface area contributed by atoms with Crippen LogP contribution < -0.4 is 4.74 Å². The highest BCUT2D eigenvalue weighted by molar-refractivity contribution is 7.80. The van der Waals surface area contributed by atoms with Crippen molar-refractivity contribution in [3.8, 4) is 5.75 Å². The molecule has 0 bridgehead atoms. The fourth-order valence-corrected chi connectivity index (χ4v) is 2.08. The summed E-state index contributed by atoms with van der Waals surface area (Å²) in [4.78, 5) is 11.2. The second kappa shape index (κ2) is 8.75. The van der Waals surface area contributed by atoms with Crippen molar-refractivity contribution in [2.75, 3.05) is 6.61 Å². The maximum Gasteiger partial charge on any atom is 0.335 e. The molecule has 1 radical (unpaired) electrons. The molecule has 0 fully saturated rings. The lowest BCUT2D eigenvalue weighted by Gasteiger charge is -2.08. The van der Waals surface area contributed by atoms with E-state index in [0.29, 0.717) is 17.3 Å². The molecule has 0 heterocycles. The van der Waals surface area contributed by atoms with Crippen LogP contribution in [0.2, 0.25) is 0 Å². The van der Waals surface area contributed by atoms with E-state index in [4.69, 9.17) is 22.5 Å². The van der Waals surface area contributed by atoms with E-state index in [1.54, 1.807) is 6.07 Å².